The van der Waals surface area contributed by atoms with Gasteiger partial charge in [0.2, 0.25) is 0 Å². The van der Waals surface area contributed by atoms with Gasteiger partial charge in [-0.2, -0.15) is 0 Å². The molecule has 0 unspecified atom stereocenters. The zero-order valence-electron chi connectivity index (χ0n) is 19.3. The molecule has 0 aliphatic rings. The molecule has 33 heavy (non-hydrogen) atoms. The average molecular weight is 486 g/mol. The number of amides is 1. The van der Waals surface area contributed by atoms with E-state index < -0.39 is 19.9 Å². The van der Waals surface area contributed by atoms with Crippen molar-refractivity contribution in [3.63, 3.8) is 0 Å². The Bertz CT molecular complexity index is 887. The molecule has 3 N–H and O–H groups in total. The van der Waals surface area contributed by atoms with Crippen LogP contribution in [0.3, 0.4) is 0 Å². The van der Waals surface area contributed by atoms with E-state index in [0.29, 0.717) is 17.8 Å². The number of aromatic nitrogens is 4. The normalized spacial score (nSPS) is 11.8. The molecule has 11 nitrogen and oxygen atoms in total. The van der Waals surface area contributed by atoms with E-state index >= 15 is 0 Å². The Morgan fingerprint density at radius 3 is 2.33 bits per heavy atom. The highest BCUT2D eigenvalue weighted by Gasteiger charge is 2.17. The number of imidazole rings is 1. The fraction of sp³-hybridized carbons (Fsp3) is 0.714. The molecule has 2 aromatic rings. The standard InChI is InChI=1S/C21H36N5O6P/c1-2-3-4-5-6-7-8-9-10-11-13-32-25-21(27)19-18-20(23-15-22-19)26(16-24-18)12-14-31-17-33(28,29)30/h15-16H,2-14,17H2,1H3,(H,25,27)(H2,28,29,30). The lowest BCUT2D eigenvalue weighted by molar-refractivity contribution is 0.0294. The van der Waals surface area contributed by atoms with Crippen LogP contribution in [0.15, 0.2) is 12.7 Å². The maximum absolute atomic E-state index is 12.4. The summed E-state index contributed by atoms with van der Waals surface area (Å²) in [6.45, 7) is 2.99. The molecule has 0 fully saturated rings. The third kappa shape index (κ3) is 10.7. The molecule has 0 aromatic carbocycles. The fourth-order valence-corrected chi connectivity index (χ4v) is 3.75. The van der Waals surface area contributed by atoms with Crippen LogP contribution in [0, 0.1) is 0 Å². The second-order valence-corrected chi connectivity index (χ2v) is 9.58. The number of carbonyl (C=O) groups is 1. The van der Waals surface area contributed by atoms with Crippen molar-refractivity contribution in [3.05, 3.63) is 18.3 Å². The van der Waals surface area contributed by atoms with E-state index in [1.807, 2.05) is 0 Å². The van der Waals surface area contributed by atoms with E-state index in [0.717, 1.165) is 12.8 Å². The van der Waals surface area contributed by atoms with Crippen molar-refractivity contribution in [2.45, 2.75) is 77.7 Å². The molecule has 0 bridgehead atoms. The predicted molar refractivity (Wildman–Crippen MR) is 123 cm³/mol. The molecule has 0 saturated heterocycles. The van der Waals surface area contributed by atoms with Crippen LogP contribution in [-0.4, -0.2) is 54.8 Å². The quantitative estimate of drug-likeness (QED) is 0.164. The Labute approximate surface area is 194 Å². The number of hydrogen-bond acceptors (Lipinski definition) is 7. The molecule has 0 spiro atoms. The average Bonchev–Trinajstić information content (AvgIpc) is 3.20. The third-order valence-corrected chi connectivity index (χ3v) is 5.64. The van der Waals surface area contributed by atoms with Crippen molar-refractivity contribution in [3.8, 4) is 0 Å². The highest BCUT2D eigenvalue weighted by Crippen LogP contribution is 2.33. The van der Waals surface area contributed by atoms with E-state index in [1.165, 1.54) is 64.0 Å². The van der Waals surface area contributed by atoms with Crippen LogP contribution < -0.4 is 5.48 Å². The van der Waals surface area contributed by atoms with Gasteiger partial charge in [-0.05, 0) is 6.42 Å². The molecular weight excluding hydrogens is 449 g/mol. The molecule has 2 rings (SSSR count). The molecule has 12 heteroatoms. The number of nitrogens with one attached hydrogen (secondary N) is 1. The SMILES string of the molecule is CCCCCCCCCCCCONC(=O)c1ncnc2c1ncn2CCOCP(=O)(O)O. The number of unbranched alkanes of at least 4 members (excludes halogenated alkanes) is 9. The number of nitrogens with zero attached hydrogens (tertiary/aromatic N) is 4. The Balaban J connectivity index is 1.66. The van der Waals surface area contributed by atoms with Gasteiger partial charge in [0.15, 0.2) is 11.3 Å². The van der Waals surface area contributed by atoms with Gasteiger partial charge in [0.05, 0.1) is 19.5 Å². The highest BCUT2D eigenvalue weighted by atomic mass is 31.2. The third-order valence-electron chi connectivity index (χ3n) is 5.12. The van der Waals surface area contributed by atoms with Crippen molar-refractivity contribution >= 4 is 24.7 Å². The summed E-state index contributed by atoms with van der Waals surface area (Å²) >= 11 is 0. The fourth-order valence-electron chi connectivity index (χ4n) is 3.38. The second kappa shape index (κ2) is 15.1. The molecule has 0 aliphatic heterocycles. The molecular formula is C21H36N5O6P. The minimum Gasteiger partial charge on any atom is -0.367 e. The maximum Gasteiger partial charge on any atom is 0.350 e. The Kier molecular flexibility index (Phi) is 12.5. The summed E-state index contributed by atoms with van der Waals surface area (Å²) in [5.41, 5.74) is 3.24. The number of rotatable bonds is 18. The largest absolute Gasteiger partial charge is 0.367 e. The smallest absolute Gasteiger partial charge is 0.350 e. The van der Waals surface area contributed by atoms with Gasteiger partial charge < -0.3 is 19.1 Å². The summed E-state index contributed by atoms with van der Waals surface area (Å²) in [4.78, 5) is 47.7. The first kappa shape index (κ1) is 27.3. The van der Waals surface area contributed by atoms with Gasteiger partial charge in [-0.3, -0.25) is 14.2 Å². The summed E-state index contributed by atoms with van der Waals surface area (Å²) in [6, 6.07) is 0. The van der Waals surface area contributed by atoms with Crippen LogP contribution in [0.1, 0.15) is 81.6 Å². The maximum atomic E-state index is 12.4. The highest BCUT2D eigenvalue weighted by molar-refractivity contribution is 7.51. The van der Waals surface area contributed by atoms with E-state index in [1.54, 1.807) is 4.57 Å². The minimum absolute atomic E-state index is 0.0596. The van der Waals surface area contributed by atoms with Crippen molar-refractivity contribution < 1.29 is 28.7 Å². The first-order valence-corrected chi connectivity index (χ1v) is 13.4. The van der Waals surface area contributed by atoms with Gasteiger partial charge in [-0.1, -0.05) is 64.7 Å². The Morgan fingerprint density at radius 1 is 1.00 bits per heavy atom. The van der Waals surface area contributed by atoms with Gasteiger partial charge >= 0.3 is 7.60 Å². The zero-order valence-corrected chi connectivity index (χ0v) is 20.2. The lowest BCUT2D eigenvalue weighted by Crippen LogP contribution is -2.25. The van der Waals surface area contributed by atoms with Gasteiger partial charge in [0, 0.05) is 6.54 Å². The Hall–Kier alpha value is -1.91. The number of carbonyl (C=O) groups excluding carboxylic acids is 1. The summed E-state index contributed by atoms with van der Waals surface area (Å²) < 4.78 is 17.4. The van der Waals surface area contributed by atoms with Crippen molar-refractivity contribution in [2.24, 2.45) is 0 Å². The summed E-state index contributed by atoms with van der Waals surface area (Å²) in [7, 11) is -4.21. The number of ether oxygens (including phenoxy) is 1. The van der Waals surface area contributed by atoms with Gasteiger partial charge in [0.1, 0.15) is 18.2 Å². The second-order valence-electron chi connectivity index (χ2n) is 8.00. The van der Waals surface area contributed by atoms with E-state index in [9.17, 15) is 9.36 Å². The molecule has 0 atom stereocenters. The van der Waals surface area contributed by atoms with Crippen molar-refractivity contribution in [2.75, 3.05) is 19.6 Å². The molecule has 0 radical (unpaired) electrons. The lowest BCUT2D eigenvalue weighted by atomic mass is 10.1. The zero-order chi connectivity index (χ0) is 23.9. The predicted octanol–water partition coefficient (Wildman–Crippen LogP) is 3.56. The summed E-state index contributed by atoms with van der Waals surface area (Å²) in [5.74, 6) is -0.502. The number of hydrogen-bond donors (Lipinski definition) is 3. The molecule has 1 amide bonds. The van der Waals surface area contributed by atoms with Gasteiger partial charge in [-0.25, -0.2) is 20.4 Å². The van der Waals surface area contributed by atoms with Crippen LogP contribution in [0.4, 0.5) is 0 Å². The summed E-state index contributed by atoms with van der Waals surface area (Å²) in [5, 5.41) is 0. The number of hydroxylamine groups is 1. The van der Waals surface area contributed by atoms with Crippen LogP contribution in [-0.2, 0) is 20.7 Å². The molecule has 0 aliphatic carbocycles. The molecule has 2 heterocycles. The first-order chi connectivity index (χ1) is 15.9. The van der Waals surface area contributed by atoms with Gasteiger partial charge in [0.25, 0.3) is 5.91 Å². The number of fused-ring (bicyclic) bond motifs is 1. The van der Waals surface area contributed by atoms with Crippen molar-refractivity contribution in [1.29, 1.82) is 0 Å². The Morgan fingerprint density at radius 2 is 1.67 bits per heavy atom. The first-order valence-electron chi connectivity index (χ1n) is 11.6. The van der Waals surface area contributed by atoms with Crippen LogP contribution in [0.25, 0.3) is 11.2 Å². The summed E-state index contributed by atoms with van der Waals surface area (Å²) in [6.07, 6.45) is 14.3. The lowest BCUT2D eigenvalue weighted by Gasteiger charge is -2.07. The van der Waals surface area contributed by atoms with Crippen molar-refractivity contribution in [1.82, 2.24) is 25.0 Å². The molecule has 2 aromatic heterocycles. The van der Waals surface area contributed by atoms with Gasteiger partial charge in [-0.15, -0.1) is 0 Å². The topological polar surface area (TPSA) is 149 Å². The molecule has 186 valence electrons. The van der Waals surface area contributed by atoms with Crippen LogP contribution in [0.2, 0.25) is 0 Å². The molecule has 0 saturated carbocycles. The monoisotopic (exact) mass is 485 g/mol. The van der Waals surface area contributed by atoms with Crippen LogP contribution in [0.5, 0.6) is 0 Å². The van der Waals surface area contributed by atoms with E-state index in [4.69, 9.17) is 19.4 Å². The van der Waals surface area contributed by atoms with Crippen LogP contribution >= 0.6 is 7.60 Å². The minimum atomic E-state index is -4.21. The van der Waals surface area contributed by atoms with E-state index in [-0.39, 0.29) is 18.8 Å². The van der Waals surface area contributed by atoms with E-state index in [2.05, 4.69) is 27.4 Å².